The van der Waals surface area contributed by atoms with Crippen LogP contribution in [0.1, 0.15) is 15.3 Å². The van der Waals surface area contributed by atoms with Gasteiger partial charge in [-0.3, -0.25) is 0 Å². The molecule has 1 nitrogen and oxygen atoms in total. The zero-order valence-corrected chi connectivity index (χ0v) is 7.52. The molecule has 0 fully saturated rings. The average Bonchev–Trinajstić information content (AvgIpc) is 1.58. The fourth-order valence-corrected chi connectivity index (χ4v) is 0.250. The zero-order chi connectivity index (χ0) is 10.5. The Morgan fingerprint density at radius 1 is 0.917 bits per heavy atom. The second-order valence-corrected chi connectivity index (χ2v) is 3.83. The molecule has 0 aromatic carbocycles. The third kappa shape index (κ3) is 207. The fraction of sp³-hybridized carbons (Fsp3) is 1.00. The molecular weight excluding hydrogens is 207 g/mol. The summed E-state index contributed by atoms with van der Waals surface area (Å²) in [4.78, 5) is 0. The molecule has 0 aliphatic carbocycles. The van der Waals surface area contributed by atoms with Gasteiger partial charge in [0.25, 0.3) is 0 Å². The van der Waals surface area contributed by atoms with Crippen molar-refractivity contribution in [3.8, 4) is 0 Å². The van der Waals surface area contributed by atoms with Crippen molar-refractivity contribution < 1.29 is 26.6 Å². The molecule has 0 heterocycles. The average molecular weight is 219 g/mol. The van der Waals surface area contributed by atoms with E-state index in [1.165, 1.54) is 0 Å². The van der Waals surface area contributed by atoms with Crippen LogP contribution in [-0.4, -0.2) is 13.1 Å². The molecule has 0 aromatic heterocycles. The first-order valence-corrected chi connectivity index (χ1v) is 5.16. The van der Waals surface area contributed by atoms with Crippen LogP contribution >= 0.6 is 7.81 Å². The summed E-state index contributed by atoms with van der Waals surface area (Å²) in [5.74, 6) is 0. The predicted octanol–water partition coefficient (Wildman–Crippen LogP) is 4.11. The first-order valence-electron chi connectivity index (χ1n) is 3.14. The van der Waals surface area contributed by atoms with Crippen molar-refractivity contribution in [2.45, 2.75) is 13.8 Å². The molecule has 0 saturated heterocycles. The Morgan fingerprint density at radius 3 is 1.08 bits per heavy atom. The molecule has 1 N–H and O–H groups in total. The van der Waals surface area contributed by atoms with E-state index in [2.05, 4.69) is 19.2 Å². The molecule has 12 heavy (non-hydrogen) atoms. The summed E-state index contributed by atoms with van der Waals surface area (Å²) in [5, 5.41) is 3.11. The molecule has 0 bridgehead atoms. The maximum Gasteiger partial charge on any atom is 1.00 e. The molecule has 8 heteroatoms. The minimum Gasteiger partial charge on any atom is 1.00 e. The summed E-state index contributed by atoms with van der Waals surface area (Å²) >= 11 is 0. The van der Waals surface area contributed by atoms with Crippen molar-refractivity contribution >= 4 is 7.81 Å². The quantitative estimate of drug-likeness (QED) is 0.544. The van der Waals surface area contributed by atoms with Gasteiger partial charge in [0.15, 0.2) is 0 Å². The summed E-state index contributed by atoms with van der Waals surface area (Å²) in [7, 11) is -10.7. The van der Waals surface area contributed by atoms with Gasteiger partial charge in [0.05, 0.1) is 0 Å². The van der Waals surface area contributed by atoms with E-state index in [1.807, 2.05) is 0 Å². The molecule has 0 saturated carbocycles. The summed E-state index contributed by atoms with van der Waals surface area (Å²) in [6.45, 7) is 6.39. The van der Waals surface area contributed by atoms with Crippen LogP contribution in [0.15, 0.2) is 0 Å². The van der Waals surface area contributed by atoms with E-state index in [-0.39, 0.29) is 1.43 Å². The molecule has 0 atom stereocenters. The number of hydrogen-bond donors (Lipinski definition) is 1. The maximum absolute atomic E-state index is 10.7. The summed E-state index contributed by atoms with van der Waals surface area (Å²) in [5.41, 5.74) is 0. The first kappa shape index (κ1) is 14.5. The van der Waals surface area contributed by atoms with Crippen molar-refractivity contribution in [1.82, 2.24) is 5.32 Å². The monoisotopic (exact) mass is 219 g/mol. The van der Waals surface area contributed by atoms with Gasteiger partial charge < -0.3 is 5.32 Å². The Labute approximate surface area is 67.9 Å². The Kier molecular flexibility index (Phi) is 4.08. The van der Waals surface area contributed by atoms with E-state index < -0.39 is 7.81 Å². The second kappa shape index (κ2) is 3.38. The third-order valence-corrected chi connectivity index (χ3v) is 0.500. The molecule has 0 unspecified atom stereocenters. The van der Waals surface area contributed by atoms with Gasteiger partial charge in [-0.2, -0.15) is 0 Å². The molecule has 0 aliphatic rings. The maximum atomic E-state index is 9.87. The van der Waals surface area contributed by atoms with E-state index in [9.17, 15) is 25.2 Å². The van der Waals surface area contributed by atoms with Crippen LogP contribution in [0.25, 0.3) is 0 Å². The second-order valence-electron chi connectivity index (χ2n) is 1.92. The Hall–Kier alpha value is -0.0300. The molecule has 0 aromatic rings. The topological polar surface area (TPSA) is 12.0 Å². The van der Waals surface area contributed by atoms with Crippen LogP contribution in [0.3, 0.4) is 0 Å². The van der Waals surface area contributed by atoms with Gasteiger partial charge in [-0.05, 0) is 13.1 Å². The van der Waals surface area contributed by atoms with Crippen LogP contribution in [0, 0.1) is 0 Å². The molecule has 0 amide bonds. The van der Waals surface area contributed by atoms with E-state index >= 15 is 0 Å². The van der Waals surface area contributed by atoms with Crippen LogP contribution in [-0.2, 0) is 0 Å². The zero-order valence-electron chi connectivity index (χ0n) is 7.63. The van der Waals surface area contributed by atoms with Crippen molar-refractivity contribution in [3.05, 3.63) is 0 Å². The molecule has 0 spiro atoms. The van der Waals surface area contributed by atoms with Crippen molar-refractivity contribution in [1.29, 1.82) is 0 Å². The molecular formula is C4H12F6NP. The Balaban J connectivity index is -0.000000150. The van der Waals surface area contributed by atoms with Gasteiger partial charge in [0.2, 0.25) is 0 Å². The standard InChI is InChI=1S/C4H11N.F6P/c1-3-5-4-2;1-7(2,3,4,5)6/h5H,3-4H2,1-2H3;/q;-1/p+1. The summed E-state index contributed by atoms with van der Waals surface area (Å²) in [6, 6.07) is 0. The van der Waals surface area contributed by atoms with Crippen LogP contribution < -0.4 is 5.32 Å². The SMILES string of the molecule is CCNCC.F[P-](F)(F)(F)(F)F.[H+]. The Bertz CT molecular complexity index is 114. The van der Waals surface area contributed by atoms with E-state index in [1.54, 1.807) is 0 Å². The largest absolute Gasteiger partial charge is 1.00 e. The molecule has 0 rings (SSSR count). The van der Waals surface area contributed by atoms with Crippen molar-refractivity contribution in [2.24, 2.45) is 0 Å². The minimum atomic E-state index is -10.7. The molecule has 80 valence electrons. The van der Waals surface area contributed by atoms with Gasteiger partial charge in [-0.1, -0.05) is 13.8 Å². The van der Waals surface area contributed by atoms with Gasteiger partial charge in [0, 0.05) is 0 Å². The number of rotatable bonds is 2. The fourth-order valence-electron chi connectivity index (χ4n) is 0.250. The van der Waals surface area contributed by atoms with E-state index in [0.29, 0.717) is 0 Å². The van der Waals surface area contributed by atoms with Crippen LogP contribution in [0.4, 0.5) is 25.2 Å². The van der Waals surface area contributed by atoms with Gasteiger partial charge in [-0.25, -0.2) is 0 Å². The normalized spacial score (nSPS) is 17.0. The van der Waals surface area contributed by atoms with Crippen LogP contribution in [0.5, 0.6) is 0 Å². The third-order valence-electron chi connectivity index (χ3n) is 0.500. The minimum absolute atomic E-state index is 0. The predicted molar refractivity (Wildman–Crippen MR) is 38.9 cm³/mol. The number of halogens is 6. The van der Waals surface area contributed by atoms with E-state index in [0.717, 1.165) is 13.1 Å². The van der Waals surface area contributed by atoms with Crippen LogP contribution in [0.2, 0.25) is 0 Å². The van der Waals surface area contributed by atoms with Gasteiger partial charge in [0.1, 0.15) is 0 Å². The molecule has 0 aliphatic heterocycles. The Morgan fingerprint density at radius 2 is 1.08 bits per heavy atom. The van der Waals surface area contributed by atoms with Gasteiger partial charge in [-0.15, -0.1) is 0 Å². The molecule has 0 radical (unpaired) electrons. The summed E-state index contributed by atoms with van der Waals surface area (Å²) in [6.07, 6.45) is 0. The van der Waals surface area contributed by atoms with Gasteiger partial charge >= 0.3 is 34.4 Å². The smallest absolute Gasteiger partial charge is 1.00 e. The van der Waals surface area contributed by atoms with Crippen molar-refractivity contribution in [3.63, 3.8) is 0 Å². The first-order chi connectivity index (χ1) is 4.86. The summed E-state index contributed by atoms with van der Waals surface area (Å²) < 4.78 is 59.2. The van der Waals surface area contributed by atoms with E-state index in [4.69, 9.17) is 0 Å². The number of nitrogens with one attached hydrogen (secondary N) is 1. The number of hydrogen-bond acceptors (Lipinski definition) is 1. The van der Waals surface area contributed by atoms with Crippen molar-refractivity contribution in [2.75, 3.05) is 13.1 Å².